The minimum absolute atomic E-state index is 0.681. The van der Waals surface area contributed by atoms with Gasteiger partial charge in [-0.2, -0.15) is 0 Å². The molecule has 0 spiro atoms. The number of pyridine rings is 1. The Morgan fingerprint density at radius 2 is 2.38 bits per heavy atom. The standard InChI is InChI=1S/C10H13N3/c1-7-4-9-8(2-3-11)6-13-10(9)12-5-7/h4-6H,2-3,11H2,1H3,(H,12,13). The third-order valence-corrected chi connectivity index (χ3v) is 2.17. The predicted molar refractivity (Wildman–Crippen MR) is 53.6 cm³/mol. The van der Waals surface area contributed by atoms with Crippen molar-refractivity contribution in [1.82, 2.24) is 9.97 Å². The third-order valence-electron chi connectivity index (χ3n) is 2.17. The number of hydrogen-bond acceptors (Lipinski definition) is 2. The number of hydrogen-bond donors (Lipinski definition) is 2. The van der Waals surface area contributed by atoms with Crippen LogP contribution in [0.25, 0.3) is 11.0 Å². The molecule has 3 N–H and O–H groups in total. The molecule has 2 aromatic rings. The van der Waals surface area contributed by atoms with Crippen LogP contribution in [0.2, 0.25) is 0 Å². The molecule has 0 saturated carbocycles. The Kier molecular flexibility index (Phi) is 2.02. The second-order valence-corrected chi connectivity index (χ2v) is 3.26. The molecule has 2 aromatic heterocycles. The fourth-order valence-corrected chi connectivity index (χ4v) is 1.52. The number of aromatic amines is 1. The first-order valence-electron chi connectivity index (χ1n) is 4.44. The first kappa shape index (κ1) is 8.26. The molecular weight excluding hydrogens is 162 g/mol. The van der Waals surface area contributed by atoms with Gasteiger partial charge in [-0.05, 0) is 37.1 Å². The van der Waals surface area contributed by atoms with Gasteiger partial charge in [0.25, 0.3) is 0 Å². The lowest BCUT2D eigenvalue weighted by Crippen LogP contribution is -2.01. The summed E-state index contributed by atoms with van der Waals surface area (Å²) in [4.78, 5) is 7.42. The van der Waals surface area contributed by atoms with E-state index in [-0.39, 0.29) is 0 Å². The number of H-pyrrole nitrogens is 1. The monoisotopic (exact) mass is 175 g/mol. The van der Waals surface area contributed by atoms with Crippen molar-refractivity contribution < 1.29 is 0 Å². The van der Waals surface area contributed by atoms with Crippen LogP contribution in [0.5, 0.6) is 0 Å². The number of nitrogens with two attached hydrogens (primary N) is 1. The van der Waals surface area contributed by atoms with Crippen LogP contribution in [0.1, 0.15) is 11.1 Å². The number of aromatic nitrogens is 2. The molecular formula is C10H13N3. The zero-order valence-corrected chi connectivity index (χ0v) is 7.67. The fraction of sp³-hybridized carbons (Fsp3) is 0.300. The number of aryl methyl sites for hydroxylation is 1. The van der Waals surface area contributed by atoms with Gasteiger partial charge in [0.1, 0.15) is 5.65 Å². The molecule has 0 aliphatic heterocycles. The Balaban J connectivity index is 2.58. The first-order chi connectivity index (χ1) is 6.31. The maximum atomic E-state index is 5.51. The van der Waals surface area contributed by atoms with Crippen molar-refractivity contribution in [1.29, 1.82) is 0 Å². The molecule has 0 radical (unpaired) electrons. The summed E-state index contributed by atoms with van der Waals surface area (Å²) in [7, 11) is 0. The zero-order valence-electron chi connectivity index (χ0n) is 7.67. The summed E-state index contributed by atoms with van der Waals surface area (Å²) in [6, 6.07) is 2.14. The van der Waals surface area contributed by atoms with Gasteiger partial charge < -0.3 is 10.7 Å². The highest BCUT2D eigenvalue weighted by Crippen LogP contribution is 2.17. The SMILES string of the molecule is Cc1cnc2[nH]cc(CCN)c2c1. The average molecular weight is 175 g/mol. The molecule has 0 unspecified atom stereocenters. The van der Waals surface area contributed by atoms with E-state index in [4.69, 9.17) is 5.73 Å². The highest BCUT2D eigenvalue weighted by atomic mass is 14.8. The predicted octanol–water partition coefficient (Wildman–Crippen LogP) is 1.37. The largest absolute Gasteiger partial charge is 0.346 e. The van der Waals surface area contributed by atoms with E-state index >= 15 is 0 Å². The van der Waals surface area contributed by atoms with Crippen LogP contribution in [0.4, 0.5) is 0 Å². The highest BCUT2D eigenvalue weighted by molar-refractivity contribution is 5.80. The zero-order chi connectivity index (χ0) is 9.26. The van der Waals surface area contributed by atoms with E-state index in [9.17, 15) is 0 Å². The van der Waals surface area contributed by atoms with Crippen LogP contribution in [-0.4, -0.2) is 16.5 Å². The third kappa shape index (κ3) is 1.42. The summed E-state index contributed by atoms with van der Waals surface area (Å²) in [6.45, 7) is 2.73. The summed E-state index contributed by atoms with van der Waals surface area (Å²) >= 11 is 0. The number of fused-ring (bicyclic) bond motifs is 1. The quantitative estimate of drug-likeness (QED) is 0.724. The van der Waals surface area contributed by atoms with Gasteiger partial charge in [-0.1, -0.05) is 0 Å². The Morgan fingerprint density at radius 1 is 1.54 bits per heavy atom. The van der Waals surface area contributed by atoms with E-state index in [1.54, 1.807) is 0 Å². The first-order valence-corrected chi connectivity index (χ1v) is 4.44. The van der Waals surface area contributed by atoms with Gasteiger partial charge in [-0.15, -0.1) is 0 Å². The van der Waals surface area contributed by atoms with Crippen LogP contribution in [0, 0.1) is 6.92 Å². The maximum Gasteiger partial charge on any atom is 0.137 e. The van der Waals surface area contributed by atoms with E-state index < -0.39 is 0 Å². The number of nitrogens with one attached hydrogen (secondary N) is 1. The fourth-order valence-electron chi connectivity index (χ4n) is 1.52. The molecule has 0 amide bonds. The molecule has 2 rings (SSSR count). The lowest BCUT2D eigenvalue weighted by atomic mass is 10.1. The molecule has 2 heterocycles. The molecule has 3 nitrogen and oxygen atoms in total. The average Bonchev–Trinajstić information content (AvgIpc) is 2.49. The van der Waals surface area contributed by atoms with Crippen molar-refractivity contribution >= 4 is 11.0 Å². The van der Waals surface area contributed by atoms with Crippen LogP contribution in [-0.2, 0) is 6.42 Å². The van der Waals surface area contributed by atoms with Gasteiger partial charge in [0.05, 0.1) is 0 Å². The van der Waals surface area contributed by atoms with E-state index in [1.807, 2.05) is 19.3 Å². The summed E-state index contributed by atoms with van der Waals surface area (Å²) in [6.07, 6.45) is 4.76. The van der Waals surface area contributed by atoms with Crippen molar-refractivity contribution in [3.05, 3.63) is 29.6 Å². The van der Waals surface area contributed by atoms with Crippen molar-refractivity contribution in [2.45, 2.75) is 13.3 Å². The van der Waals surface area contributed by atoms with Crippen LogP contribution >= 0.6 is 0 Å². The Labute approximate surface area is 77.0 Å². The molecule has 3 heteroatoms. The highest BCUT2D eigenvalue weighted by Gasteiger charge is 2.02. The molecule has 0 atom stereocenters. The van der Waals surface area contributed by atoms with Gasteiger partial charge >= 0.3 is 0 Å². The topological polar surface area (TPSA) is 54.7 Å². The second-order valence-electron chi connectivity index (χ2n) is 3.26. The molecule has 0 aliphatic carbocycles. The van der Waals surface area contributed by atoms with Gasteiger partial charge in [0, 0.05) is 17.8 Å². The van der Waals surface area contributed by atoms with Crippen molar-refractivity contribution in [3.8, 4) is 0 Å². The van der Waals surface area contributed by atoms with E-state index in [0.29, 0.717) is 6.54 Å². The second kappa shape index (κ2) is 3.18. The van der Waals surface area contributed by atoms with Crippen molar-refractivity contribution in [2.24, 2.45) is 5.73 Å². The van der Waals surface area contributed by atoms with Gasteiger partial charge in [0.2, 0.25) is 0 Å². The Morgan fingerprint density at radius 3 is 3.15 bits per heavy atom. The summed E-state index contributed by atoms with van der Waals surface area (Å²) in [5.41, 5.74) is 8.91. The molecule has 13 heavy (non-hydrogen) atoms. The Hall–Kier alpha value is -1.35. The van der Waals surface area contributed by atoms with E-state index in [2.05, 4.69) is 16.0 Å². The molecule has 68 valence electrons. The van der Waals surface area contributed by atoms with Gasteiger partial charge in [-0.3, -0.25) is 0 Å². The smallest absolute Gasteiger partial charge is 0.137 e. The minimum atomic E-state index is 0.681. The van der Waals surface area contributed by atoms with Gasteiger partial charge in [0.15, 0.2) is 0 Å². The maximum absolute atomic E-state index is 5.51. The van der Waals surface area contributed by atoms with Crippen molar-refractivity contribution in [3.63, 3.8) is 0 Å². The summed E-state index contributed by atoms with van der Waals surface area (Å²) in [5, 5.41) is 1.20. The molecule has 0 saturated heterocycles. The molecule has 0 aromatic carbocycles. The van der Waals surface area contributed by atoms with Crippen LogP contribution < -0.4 is 5.73 Å². The van der Waals surface area contributed by atoms with Gasteiger partial charge in [-0.25, -0.2) is 4.98 Å². The number of rotatable bonds is 2. The lowest BCUT2D eigenvalue weighted by Gasteiger charge is -1.96. The summed E-state index contributed by atoms with van der Waals surface area (Å²) in [5.74, 6) is 0. The molecule has 0 bridgehead atoms. The molecule has 0 fully saturated rings. The summed E-state index contributed by atoms with van der Waals surface area (Å²) < 4.78 is 0. The normalized spacial score (nSPS) is 10.9. The molecule has 0 aliphatic rings. The van der Waals surface area contributed by atoms with Crippen molar-refractivity contribution in [2.75, 3.05) is 6.54 Å². The van der Waals surface area contributed by atoms with Crippen LogP contribution in [0.3, 0.4) is 0 Å². The number of nitrogens with zero attached hydrogens (tertiary/aromatic N) is 1. The van der Waals surface area contributed by atoms with E-state index in [1.165, 1.54) is 16.5 Å². The lowest BCUT2D eigenvalue weighted by molar-refractivity contribution is 0.976. The van der Waals surface area contributed by atoms with Crippen LogP contribution in [0.15, 0.2) is 18.5 Å². The van der Waals surface area contributed by atoms with E-state index in [0.717, 1.165) is 12.1 Å². The Bertz CT molecular complexity index is 417. The minimum Gasteiger partial charge on any atom is -0.346 e.